The fraction of sp³-hybridized carbons (Fsp3) is 0.235. The number of rotatable bonds is 7. The van der Waals surface area contributed by atoms with Gasteiger partial charge in [-0.1, -0.05) is 36.4 Å². The van der Waals surface area contributed by atoms with Crippen LogP contribution < -0.4 is 0 Å². The molecule has 1 aliphatic rings. The average molecular weight is 562 g/mol. The molecule has 0 spiro atoms. The topological polar surface area (TPSA) is 86.1 Å². The summed E-state index contributed by atoms with van der Waals surface area (Å²) in [6.07, 6.45) is 2.12. The maximum Gasteiger partial charge on any atom is 0.337 e. The van der Waals surface area contributed by atoms with Crippen molar-refractivity contribution < 1.29 is 14.6 Å². The number of nitrogens with zero attached hydrogens (tertiary/aromatic N) is 4. The van der Waals surface area contributed by atoms with Crippen molar-refractivity contribution >= 4 is 28.3 Å². The Hall–Kier alpha value is -4.66. The second kappa shape index (κ2) is 11.7. The zero-order chi connectivity index (χ0) is 29.2. The number of fused-ring (bicyclic) bond motifs is 1. The molecule has 1 fully saturated rings. The lowest BCUT2D eigenvalue weighted by molar-refractivity contribution is 0.0601. The normalized spacial score (nSPS) is 14.9. The molecule has 214 valence electrons. The minimum absolute atomic E-state index is 0.0103. The van der Waals surface area contributed by atoms with Gasteiger partial charge in [0.25, 0.3) is 0 Å². The number of carbonyl (C=O) groups is 1. The van der Waals surface area contributed by atoms with Crippen LogP contribution in [0.3, 0.4) is 0 Å². The summed E-state index contributed by atoms with van der Waals surface area (Å²) in [7, 11) is 3.53. The standard InChI is InChI=1S/C34H35N5O3/c1-23-20-26(12-14-30(23)39-15-7-10-27(39)22-38-18-16-37(2)17-19-38)35-32(24-8-5-4-6-9-24)31-28-13-11-25(34(41)42-3)21-29(28)36-33(31)40/h4-15,20-21,36,40H,16-19,22H2,1-3H3. The number of hydrogen-bond donors (Lipinski definition) is 2. The second-order valence-electron chi connectivity index (χ2n) is 10.8. The lowest BCUT2D eigenvalue weighted by Gasteiger charge is -2.32. The van der Waals surface area contributed by atoms with Crippen LogP contribution in [0, 0.1) is 6.92 Å². The molecule has 0 aliphatic carbocycles. The largest absolute Gasteiger partial charge is 0.494 e. The molecule has 0 atom stereocenters. The van der Waals surface area contributed by atoms with Gasteiger partial charge in [-0.2, -0.15) is 0 Å². The number of esters is 1. The summed E-state index contributed by atoms with van der Waals surface area (Å²) in [6.45, 7) is 7.34. The van der Waals surface area contributed by atoms with Gasteiger partial charge in [0.05, 0.1) is 29.6 Å². The average Bonchev–Trinajstić information content (AvgIpc) is 3.59. The summed E-state index contributed by atoms with van der Waals surface area (Å²) in [4.78, 5) is 25.1. The van der Waals surface area contributed by atoms with Crippen molar-refractivity contribution in [3.8, 4) is 11.6 Å². The first-order valence-electron chi connectivity index (χ1n) is 14.2. The molecule has 42 heavy (non-hydrogen) atoms. The van der Waals surface area contributed by atoms with Crippen LogP contribution in [0.4, 0.5) is 5.69 Å². The molecule has 0 bridgehead atoms. The number of nitrogens with one attached hydrogen (secondary N) is 1. The molecule has 8 heteroatoms. The molecule has 0 radical (unpaired) electrons. The number of aromatic nitrogens is 2. The van der Waals surface area contributed by atoms with E-state index in [4.69, 9.17) is 9.73 Å². The van der Waals surface area contributed by atoms with Gasteiger partial charge in [-0.3, -0.25) is 4.90 Å². The van der Waals surface area contributed by atoms with Crippen LogP contribution in [0.2, 0.25) is 0 Å². The molecule has 0 unspecified atom stereocenters. The van der Waals surface area contributed by atoms with Crippen molar-refractivity contribution in [2.45, 2.75) is 13.5 Å². The van der Waals surface area contributed by atoms with Crippen molar-refractivity contribution in [2.75, 3.05) is 40.3 Å². The Morgan fingerprint density at radius 1 is 0.952 bits per heavy atom. The van der Waals surface area contributed by atoms with E-state index in [-0.39, 0.29) is 5.88 Å². The number of aliphatic imine (C=N–C) groups is 1. The van der Waals surface area contributed by atoms with E-state index in [1.54, 1.807) is 12.1 Å². The highest BCUT2D eigenvalue weighted by atomic mass is 16.5. The fourth-order valence-corrected chi connectivity index (χ4v) is 5.65. The van der Waals surface area contributed by atoms with Crippen molar-refractivity contribution in [2.24, 2.45) is 4.99 Å². The van der Waals surface area contributed by atoms with Crippen molar-refractivity contribution in [1.82, 2.24) is 19.4 Å². The SMILES string of the molecule is COC(=O)c1ccc2c(C(=Nc3ccc(-n4cccc4CN4CCN(C)CC4)c(C)c3)c3ccccc3)c(O)[nH]c2c1. The third-order valence-electron chi connectivity index (χ3n) is 7.98. The van der Waals surface area contributed by atoms with Crippen LogP contribution in [0.5, 0.6) is 5.88 Å². The van der Waals surface area contributed by atoms with E-state index in [9.17, 15) is 9.90 Å². The number of benzene rings is 3. The van der Waals surface area contributed by atoms with Gasteiger partial charge in [-0.05, 0) is 62.0 Å². The molecule has 2 N–H and O–H groups in total. The zero-order valence-corrected chi connectivity index (χ0v) is 24.2. The predicted octanol–water partition coefficient (Wildman–Crippen LogP) is 5.68. The third kappa shape index (κ3) is 5.46. The van der Waals surface area contributed by atoms with E-state index in [1.165, 1.54) is 12.8 Å². The van der Waals surface area contributed by atoms with Crippen LogP contribution in [0.1, 0.15) is 32.7 Å². The van der Waals surface area contributed by atoms with Gasteiger partial charge >= 0.3 is 5.97 Å². The van der Waals surface area contributed by atoms with E-state index < -0.39 is 5.97 Å². The molecule has 8 nitrogen and oxygen atoms in total. The number of carbonyl (C=O) groups excluding carboxylic acids is 1. The zero-order valence-electron chi connectivity index (χ0n) is 24.2. The Bertz CT molecular complexity index is 1760. The summed E-state index contributed by atoms with van der Waals surface area (Å²) in [5.41, 5.74) is 7.37. The van der Waals surface area contributed by atoms with Crippen molar-refractivity contribution in [3.05, 3.63) is 113 Å². The molecule has 5 aromatic rings. The summed E-state index contributed by atoms with van der Waals surface area (Å²) < 4.78 is 7.14. The fourth-order valence-electron chi connectivity index (χ4n) is 5.65. The summed E-state index contributed by atoms with van der Waals surface area (Å²) in [5.74, 6) is -0.446. The molecule has 6 rings (SSSR count). The van der Waals surface area contributed by atoms with Gasteiger partial charge in [-0.25, -0.2) is 9.79 Å². The molecule has 3 aromatic carbocycles. The third-order valence-corrected chi connectivity index (χ3v) is 7.98. The number of aryl methyl sites for hydroxylation is 1. The quantitative estimate of drug-likeness (QED) is 0.197. The highest BCUT2D eigenvalue weighted by Crippen LogP contribution is 2.33. The van der Waals surface area contributed by atoms with Gasteiger partial charge in [0, 0.05) is 66.8 Å². The lowest BCUT2D eigenvalue weighted by atomic mass is 10.00. The monoisotopic (exact) mass is 561 g/mol. The molecule has 3 heterocycles. The lowest BCUT2D eigenvalue weighted by Crippen LogP contribution is -2.44. The van der Waals surface area contributed by atoms with Gasteiger partial charge in [-0.15, -0.1) is 0 Å². The van der Waals surface area contributed by atoms with Crippen LogP contribution in [-0.4, -0.2) is 76.5 Å². The molecule has 1 aliphatic heterocycles. The Morgan fingerprint density at radius 2 is 1.74 bits per heavy atom. The predicted molar refractivity (Wildman–Crippen MR) is 166 cm³/mol. The molecular weight excluding hydrogens is 526 g/mol. The summed E-state index contributed by atoms with van der Waals surface area (Å²) in [5, 5.41) is 11.8. The Morgan fingerprint density at radius 3 is 2.48 bits per heavy atom. The first-order valence-corrected chi connectivity index (χ1v) is 14.2. The maximum atomic E-state index is 12.1. The second-order valence-corrected chi connectivity index (χ2v) is 10.8. The van der Waals surface area contributed by atoms with E-state index in [0.29, 0.717) is 22.4 Å². The molecule has 0 saturated carbocycles. The Kier molecular flexibility index (Phi) is 7.65. The van der Waals surface area contributed by atoms with Gasteiger partial charge in [0.15, 0.2) is 5.88 Å². The van der Waals surface area contributed by atoms with E-state index in [2.05, 4.69) is 63.8 Å². The minimum atomic E-state index is -0.436. The molecule has 1 saturated heterocycles. The van der Waals surface area contributed by atoms with Gasteiger partial charge in [0.2, 0.25) is 0 Å². The number of likely N-dealkylation sites (N-methyl/N-ethyl adjacent to an activating group) is 1. The van der Waals surface area contributed by atoms with Crippen molar-refractivity contribution in [3.63, 3.8) is 0 Å². The summed E-state index contributed by atoms with van der Waals surface area (Å²) >= 11 is 0. The van der Waals surface area contributed by atoms with E-state index in [1.807, 2.05) is 42.5 Å². The number of aromatic hydroxyl groups is 1. The number of methoxy groups -OCH3 is 1. The smallest absolute Gasteiger partial charge is 0.337 e. The van der Waals surface area contributed by atoms with Gasteiger partial charge in [0.1, 0.15) is 0 Å². The molecule has 2 aromatic heterocycles. The Balaban J connectivity index is 1.37. The van der Waals surface area contributed by atoms with Crippen LogP contribution in [0.25, 0.3) is 16.6 Å². The summed E-state index contributed by atoms with van der Waals surface area (Å²) in [6, 6.07) is 25.5. The Labute approximate surface area is 245 Å². The molecular formula is C34H35N5O3. The maximum absolute atomic E-state index is 12.1. The number of H-pyrrole nitrogens is 1. The van der Waals surface area contributed by atoms with Crippen LogP contribution in [-0.2, 0) is 11.3 Å². The van der Waals surface area contributed by atoms with Crippen molar-refractivity contribution in [1.29, 1.82) is 0 Å². The molecule has 0 amide bonds. The van der Waals surface area contributed by atoms with Gasteiger partial charge < -0.3 is 24.3 Å². The first kappa shape index (κ1) is 27.5. The number of ether oxygens (including phenoxy) is 1. The van der Waals surface area contributed by atoms with Crippen LogP contribution >= 0.6 is 0 Å². The number of hydrogen-bond acceptors (Lipinski definition) is 6. The highest BCUT2D eigenvalue weighted by molar-refractivity contribution is 6.22. The van der Waals surface area contributed by atoms with Crippen LogP contribution in [0.15, 0.2) is 90.1 Å². The number of aromatic amines is 1. The highest BCUT2D eigenvalue weighted by Gasteiger charge is 2.21. The number of piperazine rings is 1. The van der Waals surface area contributed by atoms with E-state index >= 15 is 0 Å². The minimum Gasteiger partial charge on any atom is -0.494 e. The first-order chi connectivity index (χ1) is 20.4. The van der Waals surface area contributed by atoms with E-state index in [0.717, 1.165) is 60.6 Å².